The SMILES string of the molecule is CC1=[C]([Ti]([C]2=C(C)C=CC2C)=[Si](C)C)C(C)C=C1.Cl.Cl. The van der Waals surface area contributed by atoms with E-state index in [9.17, 15) is 0 Å². The molecule has 4 heteroatoms. The maximum atomic E-state index is 2.54. The molecule has 0 aromatic heterocycles. The van der Waals surface area contributed by atoms with Crippen LogP contribution in [0.1, 0.15) is 27.7 Å². The van der Waals surface area contributed by atoms with Crippen LogP contribution in [-0.2, 0) is 16.6 Å². The molecule has 0 N–H and O–H groups in total. The van der Waals surface area contributed by atoms with Crippen molar-refractivity contribution in [2.75, 3.05) is 0 Å². The van der Waals surface area contributed by atoms with Crippen LogP contribution in [0, 0.1) is 11.8 Å². The molecule has 0 spiro atoms. The fourth-order valence-corrected chi connectivity index (χ4v) is 16.5. The molecule has 2 unspecified atom stereocenters. The average Bonchev–Trinajstić information content (AvgIpc) is 2.78. The van der Waals surface area contributed by atoms with Gasteiger partial charge in [-0.05, 0) is 0 Å². The first kappa shape index (κ1) is 20.5. The van der Waals surface area contributed by atoms with Gasteiger partial charge in [-0.3, -0.25) is 0 Å². The molecule has 0 aromatic rings. The molecule has 2 atom stereocenters. The van der Waals surface area contributed by atoms with Crippen molar-refractivity contribution < 1.29 is 16.6 Å². The summed E-state index contributed by atoms with van der Waals surface area (Å²) in [5.74, 6) is 1.40. The van der Waals surface area contributed by atoms with Crippen molar-refractivity contribution >= 4 is 31.0 Å². The Labute approximate surface area is 143 Å². The van der Waals surface area contributed by atoms with Gasteiger partial charge in [0, 0.05) is 0 Å². The van der Waals surface area contributed by atoms with Crippen LogP contribution in [0.2, 0.25) is 13.1 Å². The Morgan fingerprint density at radius 2 is 1.20 bits per heavy atom. The van der Waals surface area contributed by atoms with Crippen LogP contribution in [0.25, 0.3) is 0 Å². The molecule has 0 saturated carbocycles. The Morgan fingerprint density at radius 3 is 1.40 bits per heavy atom. The maximum Gasteiger partial charge on any atom is -0.147 e. The topological polar surface area (TPSA) is 0 Å². The molecule has 2 aliphatic rings. The van der Waals surface area contributed by atoms with Crippen LogP contribution in [0.4, 0.5) is 0 Å². The summed E-state index contributed by atoms with van der Waals surface area (Å²) in [4.78, 5) is 0. The van der Waals surface area contributed by atoms with Crippen molar-refractivity contribution in [3.63, 3.8) is 0 Å². The van der Waals surface area contributed by atoms with E-state index < -0.39 is 16.6 Å². The van der Waals surface area contributed by atoms with Gasteiger partial charge in [-0.15, -0.1) is 24.8 Å². The first-order valence-electron chi connectivity index (χ1n) is 6.89. The molecule has 0 fully saturated rings. The van der Waals surface area contributed by atoms with Gasteiger partial charge >= 0.3 is 119 Å². The van der Waals surface area contributed by atoms with Crippen molar-refractivity contribution in [2.24, 2.45) is 11.8 Å². The number of hydrogen-bond donors (Lipinski definition) is 0. The molecule has 2 aliphatic carbocycles. The maximum absolute atomic E-state index is 2.54. The van der Waals surface area contributed by atoms with Crippen LogP contribution >= 0.6 is 24.8 Å². The van der Waals surface area contributed by atoms with E-state index in [0.29, 0.717) is 11.8 Å². The molecule has 0 saturated heterocycles. The van der Waals surface area contributed by atoms with Gasteiger partial charge in [0.2, 0.25) is 0 Å². The van der Waals surface area contributed by atoms with Crippen molar-refractivity contribution in [3.05, 3.63) is 43.2 Å². The van der Waals surface area contributed by atoms with Gasteiger partial charge < -0.3 is 0 Å². The molecular formula is C16H26Cl2SiTi. The van der Waals surface area contributed by atoms with Crippen molar-refractivity contribution in [3.8, 4) is 0 Å². The first-order valence-corrected chi connectivity index (χ1v) is 13.3. The van der Waals surface area contributed by atoms with Gasteiger partial charge in [0.1, 0.15) is 0 Å². The quantitative estimate of drug-likeness (QED) is 0.554. The van der Waals surface area contributed by atoms with Gasteiger partial charge in [-0.1, -0.05) is 0 Å². The molecule has 0 bridgehead atoms. The third-order valence-electron chi connectivity index (χ3n) is 4.07. The van der Waals surface area contributed by atoms with Gasteiger partial charge in [-0.2, -0.15) is 0 Å². The fraction of sp³-hybridized carbons (Fsp3) is 0.500. The van der Waals surface area contributed by atoms with Gasteiger partial charge in [0.05, 0.1) is 0 Å². The first-order chi connectivity index (χ1) is 8.43. The molecule has 0 radical (unpaired) electrons. The fourth-order valence-electron chi connectivity index (χ4n) is 3.20. The van der Waals surface area contributed by atoms with E-state index in [-0.39, 0.29) is 31.0 Å². The Balaban J connectivity index is 0.00000180. The van der Waals surface area contributed by atoms with Crippen molar-refractivity contribution in [1.82, 2.24) is 0 Å². The van der Waals surface area contributed by atoms with Crippen molar-refractivity contribution in [2.45, 2.75) is 40.8 Å². The van der Waals surface area contributed by atoms with Crippen molar-refractivity contribution in [1.29, 1.82) is 0 Å². The minimum Gasteiger partial charge on any atom is -0.147 e. The van der Waals surface area contributed by atoms with Gasteiger partial charge in [-0.25, -0.2) is 0 Å². The third-order valence-corrected chi connectivity index (χ3v) is 16.3. The van der Waals surface area contributed by atoms with Crippen LogP contribution < -0.4 is 0 Å². The predicted molar refractivity (Wildman–Crippen MR) is 94.0 cm³/mol. The Kier molecular flexibility index (Phi) is 8.39. The van der Waals surface area contributed by atoms with Gasteiger partial charge in [0.25, 0.3) is 0 Å². The summed E-state index contributed by atoms with van der Waals surface area (Å²) < 4.78 is 3.72. The van der Waals surface area contributed by atoms with Gasteiger partial charge in [0.15, 0.2) is 0 Å². The van der Waals surface area contributed by atoms with E-state index in [2.05, 4.69) is 65.1 Å². The zero-order valence-electron chi connectivity index (χ0n) is 13.3. The minimum absolute atomic E-state index is 0. The summed E-state index contributed by atoms with van der Waals surface area (Å²) in [5.41, 5.74) is 3.17. The predicted octanol–water partition coefficient (Wildman–Crippen LogP) is 5.66. The third kappa shape index (κ3) is 3.81. The monoisotopic (exact) mass is 364 g/mol. The molecule has 0 aliphatic heterocycles. The standard InChI is InChI=1S/2C7H9.C2H6Si.2ClH.Ti/c2*1-6-3-4-7(2)5-6;1-3-2;;;/h2*3-4,6H,1-2H3;1-2H3;2*1H;. The van der Waals surface area contributed by atoms with E-state index in [1.807, 2.05) is 7.76 Å². The number of hydrogen-bond acceptors (Lipinski definition) is 0. The molecule has 0 nitrogen and oxygen atoms in total. The number of allylic oxidation sites excluding steroid dienone is 8. The minimum atomic E-state index is -1.23. The Hall–Kier alpha value is 0.471. The zero-order chi connectivity index (χ0) is 13.4. The second-order valence-electron chi connectivity index (χ2n) is 5.86. The number of halogens is 2. The number of rotatable bonds is 2. The normalized spacial score (nSPS) is 23.9. The summed E-state index contributed by atoms with van der Waals surface area (Å²) in [6.45, 7) is 14.5. The zero-order valence-corrected chi connectivity index (χ0v) is 17.5. The molecule has 0 amide bonds. The molecular weight excluding hydrogens is 339 g/mol. The van der Waals surface area contributed by atoms with Crippen LogP contribution in [0.3, 0.4) is 0 Å². The molecule has 2 rings (SSSR count). The molecule has 112 valence electrons. The molecule has 0 aromatic carbocycles. The van der Waals surface area contributed by atoms with Crippen LogP contribution in [0.15, 0.2) is 43.2 Å². The average molecular weight is 365 g/mol. The molecule has 20 heavy (non-hydrogen) atoms. The Bertz CT molecular complexity index is 493. The summed E-state index contributed by atoms with van der Waals surface area (Å²) in [6, 6.07) is 0. The largest absolute Gasteiger partial charge is 0.147 e. The summed E-state index contributed by atoms with van der Waals surface area (Å²) in [5, 5.41) is 0. The van der Waals surface area contributed by atoms with Crippen LogP contribution in [0.5, 0.6) is 0 Å². The second kappa shape index (κ2) is 8.20. The van der Waals surface area contributed by atoms with Crippen LogP contribution in [-0.4, -0.2) is 6.19 Å². The van der Waals surface area contributed by atoms with E-state index in [1.165, 1.54) is 0 Å². The smallest absolute Gasteiger partial charge is 0.147 e. The summed E-state index contributed by atoms with van der Waals surface area (Å²) >= 11 is -1.23. The van der Waals surface area contributed by atoms with E-state index in [4.69, 9.17) is 0 Å². The Morgan fingerprint density at radius 1 is 0.850 bits per heavy atom. The van der Waals surface area contributed by atoms with E-state index in [1.54, 1.807) is 11.1 Å². The summed E-state index contributed by atoms with van der Waals surface area (Å²) in [6.07, 6.45) is 9.34. The second-order valence-corrected chi connectivity index (χ2v) is 17.5. The van der Waals surface area contributed by atoms with E-state index >= 15 is 0 Å². The molecule has 0 heterocycles. The van der Waals surface area contributed by atoms with E-state index in [0.717, 1.165) is 0 Å². The summed E-state index contributed by atoms with van der Waals surface area (Å²) in [7, 11) is 0.